The molecule has 0 saturated carbocycles. The number of phosphoric acid groups is 1. The Balaban J connectivity index is 1.77. The summed E-state index contributed by atoms with van der Waals surface area (Å²) in [6.07, 6.45) is -5.32. The van der Waals surface area contributed by atoms with Gasteiger partial charge in [0.1, 0.15) is 17.4 Å². The Morgan fingerprint density at radius 2 is 1.82 bits per heavy atom. The summed E-state index contributed by atoms with van der Waals surface area (Å²) in [4.78, 5) is 60.0. The number of benzene rings is 1. The molecule has 0 aliphatic heterocycles. The van der Waals surface area contributed by atoms with Crippen molar-refractivity contribution in [2.24, 2.45) is 19.1 Å². The molecule has 0 aliphatic carbocycles. The van der Waals surface area contributed by atoms with Crippen LogP contribution in [0.5, 0.6) is 0 Å². The summed E-state index contributed by atoms with van der Waals surface area (Å²) >= 11 is 1.86. The van der Waals surface area contributed by atoms with Gasteiger partial charge in [0.25, 0.3) is 11.5 Å². The van der Waals surface area contributed by atoms with E-state index in [4.69, 9.17) is 9.79 Å². The van der Waals surface area contributed by atoms with Crippen LogP contribution in [-0.2, 0) is 47.3 Å². The third-order valence-electron chi connectivity index (χ3n) is 5.53. The van der Waals surface area contributed by atoms with E-state index in [2.05, 4.69) is 9.52 Å². The number of hydrogen-bond acceptors (Lipinski definition) is 7. The lowest BCUT2D eigenvalue weighted by Crippen LogP contribution is -2.36. The fourth-order valence-electron chi connectivity index (χ4n) is 3.67. The van der Waals surface area contributed by atoms with Crippen LogP contribution in [0.3, 0.4) is 0 Å². The highest BCUT2D eigenvalue weighted by Gasteiger charge is 2.34. The van der Waals surface area contributed by atoms with Crippen molar-refractivity contribution in [3.8, 4) is 11.3 Å². The van der Waals surface area contributed by atoms with Gasteiger partial charge < -0.3 is 9.79 Å². The minimum atomic E-state index is -5.03. The molecular formula is C21H17F4N4O7PS2. The van der Waals surface area contributed by atoms with Gasteiger partial charge >= 0.3 is 19.7 Å². The monoisotopic (exact) mass is 608 g/mol. The molecular weight excluding hydrogens is 591 g/mol. The quantitative estimate of drug-likeness (QED) is 0.253. The van der Waals surface area contributed by atoms with E-state index >= 15 is 0 Å². The summed E-state index contributed by atoms with van der Waals surface area (Å²) in [5.41, 5.74) is -2.50. The highest BCUT2D eigenvalue weighted by Crippen LogP contribution is 2.37. The molecule has 11 nitrogen and oxygen atoms in total. The van der Waals surface area contributed by atoms with Crippen LogP contribution >= 0.6 is 30.5 Å². The number of rotatable bonds is 6. The Bertz CT molecular complexity index is 1850. The van der Waals surface area contributed by atoms with Crippen molar-refractivity contribution in [2.75, 3.05) is 0 Å². The fraction of sp³-hybridized carbons (Fsp3) is 0.238. The number of fused-ring (bicyclic) bond motifs is 1. The predicted octanol–water partition coefficient (Wildman–Crippen LogP) is 2.72. The number of hydrogen-bond donors (Lipinski definition) is 2. The Labute approximate surface area is 222 Å². The van der Waals surface area contributed by atoms with Gasteiger partial charge in [0.2, 0.25) is 0 Å². The third-order valence-corrected chi connectivity index (χ3v) is 7.95. The molecule has 0 saturated heterocycles. The molecule has 0 fully saturated rings. The van der Waals surface area contributed by atoms with Crippen LogP contribution in [-0.4, -0.2) is 29.4 Å². The molecule has 2 N–H and O–H groups in total. The topological polar surface area (TPSA) is 145 Å². The summed E-state index contributed by atoms with van der Waals surface area (Å²) in [7, 11) is -2.27. The zero-order valence-corrected chi connectivity index (χ0v) is 22.3. The Morgan fingerprint density at radius 3 is 2.44 bits per heavy atom. The molecule has 0 unspecified atom stereocenters. The fourth-order valence-corrected chi connectivity index (χ4v) is 5.88. The minimum absolute atomic E-state index is 0.0301. The van der Waals surface area contributed by atoms with Crippen LogP contribution in [0.1, 0.15) is 11.1 Å². The molecule has 1 amide bonds. The Kier molecular flexibility index (Phi) is 7.68. The minimum Gasteiger partial charge on any atom is -0.303 e. The maximum Gasteiger partial charge on any atom is 0.471 e. The largest absolute Gasteiger partial charge is 0.471 e. The van der Waals surface area contributed by atoms with Gasteiger partial charge in [0, 0.05) is 25.0 Å². The third kappa shape index (κ3) is 5.88. The second-order valence-electron chi connectivity index (χ2n) is 8.10. The molecule has 39 heavy (non-hydrogen) atoms. The zero-order chi connectivity index (χ0) is 28.9. The van der Waals surface area contributed by atoms with Crippen molar-refractivity contribution in [1.29, 1.82) is 0 Å². The summed E-state index contributed by atoms with van der Waals surface area (Å²) in [5, 5.41) is 2.97. The van der Waals surface area contributed by atoms with Crippen LogP contribution in [0.25, 0.3) is 21.5 Å². The number of alkyl halides is 3. The normalized spacial score (nSPS) is 13.0. The molecule has 0 spiro atoms. The number of aromatic nitrogens is 3. The smallest absolute Gasteiger partial charge is 0.303 e. The molecule has 1 aromatic carbocycles. The maximum atomic E-state index is 14.2. The van der Waals surface area contributed by atoms with E-state index in [1.165, 1.54) is 29.4 Å². The van der Waals surface area contributed by atoms with Crippen LogP contribution in [0.15, 0.2) is 43.5 Å². The van der Waals surface area contributed by atoms with Gasteiger partial charge in [-0.05, 0) is 23.1 Å². The van der Waals surface area contributed by atoms with Gasteiger partial charge in [0.15, 0.2) is 4.80 Å². The molecule has 4 rings (SSSR count). The second-order valence-corrected chi connectivity index (χ2v) is 11.0. The number of nitrogens with zero attached hydrogens (tertiary/aromatic N) is 4. The van der Waals surface area contributed by atoms with Crippen molar-refractivity contribution in [2.45, 2.75) is 19.3 Å². The van der Waals surface area contributed by atoms with Crippen molar-refractivity contribution in [3.63, 3.8) is 0 Å². The van der Waals surface area contributed by atoms with Crippen molar-refractivity contribution >= 4 is 46.6 Å². The van der Waals surface area contributed by atoms with Crippen molar-refractivity contribution in [1.82, 2.24) is 13.7 Å². The number of phosphoric ester groups is 1. The Hall–Kier alpha value is -3.21. The van der Waals surface area contributed by atoms with E-state index in [0.717, 1.165) is 37.9 Å². The van der Waals surface area contributed by atoms with Crippen LogP contribution in [0.4, 0.5) is 17.6 Å². The van der Waals surface area contributed by atoms with E-state index in [1.807, 2.05) is 0 Å². The van der Waals surface area contributed by atoms with Gasteiger partial charge in [0.05, 0.1) is 23.1 Å². The van der Waals surface area contributed by atoms with Gasteiger partial charge in [-0.2, -0.15) is 18.2 Å². The lowest BCUT2D eigenvalue weighted by Gasteiger charge is -2.12. The Morgan fingerprint density at radius 1 is 1.13 bits per heavy atom. The number of thiophene rings is 1. The number of carbonyl (C=O) groups excluding carboxylic acids is 1. The van der Waals surface area contributed by atoms with E-state index in [9.17, 15) is 36.5 Å². The van der Waals surface area contributed by atoms with Gasteiger partial charge in [-0.3, -0.25) is 27.8 Å². The average Bonchev–Trinajstić information content (AvgIpc) is 3.42. The summed E-state index contributed by atoms with van der Waals surface area (Å²) in [6.45, 7) is -0.873. The molecule has 208 valence electrons. The summed E-state index contributed by atoms with van der Waals surface area (Å²) in [5.74, 6) is -2.37. The molecule has 18 heteroatoms. The molecule has 0 radical (unpaired) electrons. The molecule has 0 atom stereocenters. The van der Waals surface area contributed by atoms with Gasteiger partial charge in [-0.1, -0.05) is 6.07 Å². The predicted molar refractivity (Wildman–Crippen MR) is 132 cm³/mol. The first-order valence-electron chi connectivity index (χ1n) is 10.6. The van der Waals surface area contributed by atoms with E-state index in [-0.39, 0.29) is 27.9 Å². The average molecular weight is 608 g/mol. The number of amides is 1. The SMILES string of the molecule is Cn1c(=O)c2c(CC(=O)N=c3scc(-c4ccc(C(F)(F)F)c(F)c4)n3COP(=O)(O)O)csc2n(C)c1=O. The van der Waals surface area contributed by atoms with E-state index in [0.29, 0.717) is 22.5 Å². The number of carbonyl (C=O) groups is 1. The molecule has 3 aromatic heterocycles. The van der Waals surface area contributed by atoms with Crippen LogP contribution < -0.4 is 16.1 Å². The second kappa shape index (κ2) is 10.4. The van der Waals surface area contributed by atoms with Gasteiger partial charge in [-0.15, -0.1) is 22.7 Å². The molecule has 3 heterocycles. The summed E-state index contributed by atoms with van der Waals surface area (Å²) in [6, 6.07) is 2.04. The van der Waals surface area contributed by atoms with Gasteiger partial charge in [-0.25, -0.2) is 13.8 Å². The first kappa shape index (κ1) is 28.8. The number of halogens is 4. The first-order valence-corrected chi connectivity index (χ1v) is 13.9. The standard InChI is InChI=1S/C21H17F4N4O7PS2/c1-27-17(31)16-11(7-38-18(16)28(2)20(27)32)6-15(30)26-19-29(9-36-37(33,34)35)14(8-39-19)10-3-4-12(13(22)5-10)21(23,24)25/h3-5,7-8H,6,9H2,1-2H3,(H2,33,34,35). The van der Waals surface area contributed by atoms with Crippen molar-refractivity contribution in [3.05, 3.63) is 71.5 Å². The lowest BCUT2D eigenvalue weighted by atomic mass is 10.1. The molecule has 4 aromatic rings. The lowest BCUT2D eigenvalue weighted by molar-refractivity contribution is -0.140. The van der Waals surface area contributed by atoms with Crippen LogP contribution in [0.2, 0.25) is 0 Å². The highest BCUT2D eigenvalue weighted by molar-refractivity contribution is 7.46. The first-order chi connectivity index (χ1) is 18.1. The molecule has 0 aliphatic rings. The maximum absolute atomic E-state index is 14.2. The number of thiazole rings is 1. The van der Waals surface area contributed by atoms with Crippen molar-refractivity contribution < 1.29 is 41.2 Å². The zero-order valence-electron chi connectivity index (χ0n) is 19.8. The van der Waals surface area contributed by atoms with E-state index < -0.39 is 49.3 Å². The summed E-state index contributed by atoms with van der Waals surface area (Å²) < 4.78 is 72.0. The number of aryl methyl sites for hydroxylation is 1. The molecule has 0 bridgehead atoms. The highest BCUT2D eigenvalue weighted by atomic mass is 32.1. The van der Waals surface area contributed by atoms with Crippen LogP contribution in [0, 0.1) is 5.82 Å². The van der Waals surface area contributed by atoms with E-state index in [1.54, 1.807) is 0 Å².